The van der Waals surface area contributed by atoms with Gasteiger partial charge in [-0.25, -0.2) is 4.39 Å². The fraction of sp³-hybridized carbons (Fsp3) is 0.143. The van der Waals surface area contributed by atoms with E-state index >= 15 is 0 Å². The molecule has 0 unspecified atom stereocenters. The van der Waals surface area contributed by atoms with E-state index in [9.17, 15) is 14.0 Å². The second kappa shape index (κ2) is 6.39. The Hall–Kier alpha value is -3.41. The molecule has 0 aliphatic heterocycles. The van der Waals surface area contributed by atoms with E-state index in [4.69, 9.17) is 0 Å². The smallest absolute Gasteiger partial charge is 0.270 e. The van der Waals surface area contributed by atoms with E-state index in [0.29, 0.717) is 22.0 Å². The van der Waals surface area contributed by atoms with Gasteiger partial charge in [-0.1, -0.05) is 24.3 Å². The molecule has 2 aromatic heterocycles. The number of nitrogens with one attached hydrogen (secondary N) is 2. The molecule has 0 aliphatic rings. The van der Waals surface area contributed by atoms with Crippen molar-refractivity contribution in [3.63, 3.8) is 0 Å². The van der Waals surface area contributed by atoms with Crippen molar-refractivity contribution in [1.29, 1.82) is 0 Å². The van der Waals surface area contributed by atoms with Crippen LogP contribution in [0.15, 0.2) is 59.5 Å². The normalized spacial score (nSPS) is 12.4. The van der Waals surface area contributed by atoms with Gasteiger partial charge in [-0.15, -0.1) is 0 Å². The number of nitrogens with zero attached hydrogens (tertiary/aromatic N) is 1. The van der Waals surface area contributed by atoms with Crippen LogP contribution in [0, 0.1) is 5.82 Å². The first kappa shape index (κ1) is 17.0. The van der Waals surface area contributed by atoms with Crippen LogP contribution >= 0.6 is 0 Å². The number of benzene rings is 2. The average Bonchev–Trinajstić information content (AvgIpc) is 3.12. The maximum atomic E-state index is 13.9. The van der Waals surface area contributed by atoms with Gasteiger partial charge in [0.25, 0.3) is 11.5 Å². The Morgan fingerprint density at radius 2 is 1.81 bits per heavy atom. The van der Waals surface area contributed by atoms with Gasteiger partial charge in [0, 0.05) is 29.5 Å². The summed E-state index contributed by atoms with van der Waals surface area (Å²) in [5.41, 5.74) is 1.57. The number of rotatable bonds is 3. The minimum Gasteiger partial charge on any atom is -0.350 e. The molecular formula is C21H18FN3O2. The molecule has 0 aliphatic carbocycles. The second-order valence-corrected chi connectivity index (χ2v) is 6.59. The first-order chi connectivity index (χ1) is 13.0. The predicted octanol–water partition coefficient (Wildman–Crippen LogP) is 3.98. The number of carbonyl (C=O) groups is 1. The number of hydrogen-bond acceptors (Lipinski definition) is 2. The summed E-state index contributed by atoms with van der Waals surface area (Å²) in [4.78, 5) is 32.3. The molecule has 5 nitrogen and oxygen atoms in total. The van der Waals surface area contributed by atoms with E-state index in [1.807, 2.05) is 19.1 Å². The van der Waals surface area contributed by atoms with Gasteiger partial charge in [-0.2, -0.15) is 0 Å². The standard InChI is InChI=1S/C21H18FN3O2/c1-12(16-11-23-20(26)14-7-4-3-6-13(14)16)25(2)21(27)19-10-15-17(22)8-5-9-18(15)24-19/h3-12,24H,1-2H3,(H,23,26)/t12-/m1/s1. The molecular weight excluding hydrogens is 345 g/mol. The van der Waals surface area contributed by atoms with E-state index in [-0.39, 0.29) is 23.3 Å². The van der Waals surface area contributed by atoms with Crippen LogP contribution in [0.25, 0.3) is 21.7 Å². The van der Waals surface area contributed by atoms with Gasteiger partial charge in [0.05, 0.1) is 6.04 Å². The first-order valence-corrected chi connectivity index (χ1v) is 8.62. The molecule has 2 aromatic carbocycles. The summed E-state index contributed by atoms with van der Waals surface area (Å²) >= 11 is 0. The molecule has 2 heterocycles. The molecule has 2 N–H and O–H groups in total. The molecule has 1 atom stereocenters. The summed E-state index contributed by atoms with van der Waals surface area (Å²) in [5, 5.41) is 1.77. The molecule has 0 saturated carbocycles. The molecule has 0 bridgehead atoms. The summed E-state index contributed by atoms with van der Waals surface area (Å²) < 4.78 is 13.9. The number of hydrogen-bond donors (Lipinski definition) is 2. The van der Waals surface area contributed by atoms with Gasteiger partial charge >= 0.3 is 0 Å². The molecule has 0 spiro atoms. The molecule has 0 radical (unpaired) electrons. The van der Waals surface area contributed by atoms with Gasteiger partial charge in [0.15, 0.2) is 0 Å². The lowest BCUT2D eigenvalue weighted by Gasteiger charge is -2.25. The molecule has 1 amide bonds. The Labute approximate surface area is 154 Å². The highest BCUT2D eigenvalue weighted by Gasteiger charge is 2.23. The van der Waals surface area contributed by atoms with Crippen LogP contribution in [-0.4, -0.2) is 27.8 Å². The minimum absolute atomic E-state index is 0.165. The van der Waals surface area contributed by atoms with Crippen molar-refractivity contribution in [2.24, 2.45) is 0 Å². The van der Waals surface area contributed by atoms with E-state index in [0.717, 1.165) is 10.9 Å². The highest BCUT2D eigenvalue weighted by molar-refractivity contribution is 5.98. The zero-order chi connectivity index (χ0) is 19.1. The van der Waals surface area contributed by atoms with Crippen molar-refractivity contribution >= 4 is 27.6 Å². The van der Waals surface area contributed by atoms with Gasteiger partial charge in [-0.05, 0) is 42.1 Å². The van der Waals surface area contributed by atoms with Crippen LogP contribution in [0.2, 0.25) is 0 Å². The van der Waals surface area contributed by atoms with Crippen molar-refractivity contribution in [3.05, 3.63) is 82.2 Å². The van der Waals surface area contributed by atoms with Crippen LogP contribution in [0.5, 0.6) is 0 Å². The van der Waals surface area contributed by atoms with Crippen LogP contribution in [0.3, 0.4) is 0 Å². The zero-order valence-electron chi connectivity index (χ0n) is 14.9. The molecule has 4 aromatic rings. The molecule has 4 rings (SSSR count). The molecule has 6 heteroatoms. The lowest BCUT2D eigenvalue weighted by Crippen LogP contribution is -2.30. The predicted molar refractivity (Wildman–Crippen MR) is 103 cm³/mol. The fourth-order valence-electron chi connectivity index (χ4n) is 3.39. The molecule has 0 saturated heterocycles. The lowest BCUT2D eigenvalue weighted by atomic mass is 10.0. The Kier molecular flexibility index (Phi) is 4.03. The number of aromatic nitrogens is 2. The Balaban J connectivity index is 1.72. The van der Waals surface area contributed by atoms with Crippen molar-refractivity contribution in [1.82, 2.24) is 14.9 Å². The van der Waals surface area contributed by atoms with E-state index in [1.54, 1.807) is 42.4 Å². The third-order valence-corrected chi connectivity index (χ3v) is 5.03. The maximum absolute atomic E-state index is 13.9. The highest BCUT2D eigenvalue weighted by atomic mass is 19.1. The van der Waals surface area contributed by atoms with E-state index in [2.05, 4.69) is 9.97 Å². The summed E-state index contributed by atoms with van der Waals surface area (Å²) in [6.07, 6.45) is 1.64. The number of pyridine rings is 1. The first-order valence-electron chi connectivity index (χ1n) is 8.62. The average molecular weight is 363 g/mol. The Morgan fingerprint density at radius 1 is 1.07 bits per heavy atom. The van der Waals surface area contributed by atoms with Gasteiger partial charge < -0.3 is 14.9 Å². The number of H-pyrrole nitrogens is 2. The van der Waals surface area contributed by atoms with Crippen LogP contribution in [-0.2, 0) is 0 Å². The summed E-state index contributed by atoms with van der Waals surface area (Å²) in [6.45, 7) is 1.89. The molecule has 0 fully saturated rings. The Morgan fingerprint density at radius 3 is 2.56 bits per heavy atom. The number of fused-ring (bicyclic) bond motifs is 2. The van der Waals surface area contributed by atoms with Crippen LogP contribution in [0.1, 0.15) is 29.0 Å². The lowest BCUT2D eigenvalue weighted by molar-refractivity contribution is 0.0738. The molecule has 136 valence electrons. The summed E-state index contributed by atoms with van der Waals surface area (Å²) in [7, 11) is 1.69. The van der Waals surface area contributed by atoms with Crippen molar-refractivity contribution in [2.45, 2.75) is 13.0 Å². The van der Waals surface area contributed by atoms with Gasteiger partial charge in [-0.3, -0.25) is 9.59 Å². The zero-order valence-corrected chi connectivity index (χ0v) is 14.9. The number of amides is 1. The second-order valence-electron chi connectivity index (χ2n) is 6.59. The molecule has 27 heavy (non-hydrogen) atoms. The maximum Gasteiger partial charge on any atom is 0.270 e. The van der Waals surface area contributed by atoms with Gasteiger partial charge in [0.2, 0.25) is 0 Å². The third-order valence-electron chi connectivity index (χ3n) is 5.03. The van der Waals surface area contributed by atoms with Crippen LogP contribution in [0.4, 0.5) is 4.39 Å². The Bertz CT molecular complexity index is 1230. The van der Waals surface area contributed by atoms with E-state index in [1.165, 1.54) is 12.1 Å². The topological polar surface area (TPSA) is 69.0 Å². The summed E-state index contributed by atoms with van der Waals surface area (Å²) in [6, 6.07) is 13.2. The van der Waals surface area contributed by atoms with Gasteiger partial charge in [0.1, 0.15) is 11.5 Å². The number of aromatic amines is 2. The quantitative estimate of drug-likeness (QED) is 0.578. The summed E-state index contributed by atoms with van der Waals surface area (Å²) in [5.74, 6) is -0.626. The van der Waals surface area contributed by atoms with Crippen molar-refractivity contribution < 1.29 is 9.18 Å². The largest absolute Gasteiger partial charge is 0.350 e. The van der Waals surface area contributed by atoms with Crippen LogP contribution < -0.4 is 5.56 Å². The highest BCUT2D eigenvalue weighted by Crippen LogP contribution is 2.27. The van der Waals surface area contributed by atoms with Crippen molar-refractivity contribution in [2.75, 3.05) is 7.05 Å². The number of halogens is 1. The third kappa shape index (κ3) is 2.79. The van der Waals surface area contributed by atoms with Crippen molar-refractivity contribution in [3.8, 4) is 0 Å². The van der Waals surface area contributed by atoms with E-state index < -0.39 is 0 Å². The SMILES string of the molecule is C[C@H](c1c[nH]c(=O)c2ccccc12)N(C)C(=O)c1cc2c(F)cccc2[nH]1. The number of carbonyl (C=O) groups excluding carboxylic acids is 1. The minimum atomic E-state index is -0.370. The fourth-order valence-corrected chi connectivity index (χ4v) is 3.39. The monoisotopic (exact) mass is 363 g/mol.